The fourth-order valence-electron chi connectivity index (χ4n) is 2.78. The van der Waals surface area contributed by atoms with Crippen LogP contribution in [-0.4, -0.2) is 56.9 Å². The van der Waals surface area contributed by atoms with Crippen molar-refractivity contribution in [2.24, 2.45) is 5.41 Å². The molecule has 6 nitrogen and oxygen atoms in total. The van der Waals surface area contributed by atoms with Crippen molar-refractivity contribution >= 4 is 15.9 Å². The lowest BCUT2D eigenvalue weighted by Crippen LogP contribution is -2.63. The molecule has 0 aliphatic carbocycles. The lowest BCUT2D eigenvalue weighted by Gasteiger charge is -2.45. The van der Waals surface area contributed by atoms with Crippen LogP contribution in [0.15, 0.2) is 0 Å². The fourth-order valence-corrected chi connectivity index (χ4v) is 5.10. The average molecular weight is 308 g/mol. The monoisotopic (exact) mass is 308 g/mol. The van der Waals surface area contributed by atoms with Gasteiger partial charge < -0.3 is 15.4 Å². The summed E-state index contributed by atoms with van der Waals surface area (Å²) in [5.74, 6) is -0.334. The molecule has 1 unspecified atom stereocenters. The molecule has 20 heavy (non-hydrogen) atoms. The molecule has 1 atom stereocenters. The Hall–Kier alpha value is -0.890. The van der Waals surface area contributed by atoms with Crippen LogP contribution < -0.4 is 10.6 Å². The molecule has 2 N–H and O–H groups in total. The first-order valence-corrected chi connectivity index (χ1v) is 8.36. The van der Waals surface area contributed by atoms with Gasteiger partial charge in [0.2, 0.25) is 0 Å². The third kappa shape index (κ3) is 2.90. The first-order valence-electron chi connectivity index (χ1n) is 6.54. The van der Waals surface area contributed by atoms with Crippen molar-refractivity contribution in [1.82, 2.24) is 10.6 Å². The molecule has 0 aromatic carbocycles. The maximum absolute atomic E-state index is 15.0. The Morgan fingerprint density at radius 1 is 1.35 bits per heavy atom. The van der Waals surface area contributed by atoms with Gasteiger partial charge in [-0.3, -0.25) is 0 Å². The molecule has 0 radical (unpaired) electrons. The number of nitrogens with one attached hydrogen (secondary N) is 2. The molecule has 2 aliphatic rings. The van der Waals surface area contributed by atoms with Crippen molar-refractivity contribution < 1.29 is 22.3 Å². The van der Waals surface area contributed by atoms with E-state index in [0.717, 1.165) is 0 Å². The van der Waals surface area contributed by atoms with Crippen LogP contribution in [0, 0.1) is 5.41 Å². The van der Waals surface area contributed by atoms with Crippen LogP contribution >= 0.6 is 0 Å². The summed E-state index contributed by atoms with van der Waals surface area (Å²) in [6.45, 7) is 5.26. The Morgan fingerprint density at radius 3 is 2.45 bits per heavy atom. The third-order valence-corrected chi connectivity index (χ3v) is 5.71. The first kappa shape index (κ1) is 15.5. The SMILES string of the molecule is CC(C)(C)OC(=O)NCC1(F)CNCC12CS(=O)(=O)C2. The van der Waals surface area contributed by atoms with Gasteiger partial charge in [0.25, 0.3) is 0 Å². The summed E-state index contributed by atoms with van der Waals surface area (Å²) >= 11 is 0. The predicted octanol–water partition coefficient (Wildman–Crippen LogP) is 0.237. The molecule has 1 amide bonds. The molecule has 0 saturated carbocycles. The van der Waals surface area contributed by atoms with E-state index < -0.39 is 32.6 Å². The van der Waals surface area contributed by atoms with Gasteiger partial charge in [0, 0.05) is 18.5 Å². The smallest absolute Gasteiger partial charge is 0.407 e. The minimum atomic E-state index is -3.14. The molecule has 2 aliphatic heterocycles. The van der Waals surface area contributed by atoms with Crippen molar-refractivity contribution in [3.05, 3.63) is 0 Å². The number of sulfone groups is 1. The molecular weight excluding hydrogens is 287 g/mol. The van der Waals surface area contributed by atoms with Crippen LogP contribution in [0.5, 0.6) is 0 Å². The largest absolute Gasteiger partial charge is 0.444 e. The van der Waals surface area contributed by atoms with Gasteiger partial charge in [-0.25, -0.2) is 17.6 Å². The Labute approximate surface area is 118 Å². The highest BCUT2D eigenvalue weighted by atomic mass is 32.2. The molecule has 0 bridgehead atoms. The number of carbonyl (C=O) groups excluding carboxylic acids is 1. The van der Waals surface area contributed by atoms with Gasteiger partial charge >= 0.3 is 6.09 Å². The molecular formula is C12H21FN2O4S. The van der Waals surface area contributed by atoms with Crippen LogP contribution in [0.2, 0.25) is 0 Å². The van der Waals surface area contributed by atoms with Gasteiger partial charge in [-0.05, 0) is 20.8 Å². The summed E-state index contributed by atoms with van der Waals surface area (Å²) in [6.07, 6.45) is -0.696. The van der Waals surface area contributed by atoms with Crippen molar-refractivity contribution in [1.29, 1.82) is 0 Å². The topological polar surface area (TPSA) is 84.5 Å². The standard InChI is InChI=1S/C12H21FN2O4S/c1-10(2,3)19-9(16)15-6-12(13)5-14-4-11(12)7-20(17,18)8-11/h14H,4-8H2,1-3H3,(H,15,16). The molecule has 1 spiro atoms. The number of alkyl halides is 1. The second-order valence-corrected chi connectivity index (χ2v) is 8.80. The number of hydrogen-bond acceptors (Lipinski definition) is 5. The number of halogens is 1. The predicted molar refractivity (Wildman–Crippen MR) is 72.0 cm³/mol. The summed E-state index contributed by atoms with van der Waals surface area (Å²) in [6, 6.07) is 0. The number of alkyl carbamates (subject to hydrolysis) is 1. The Kier molecular flexibility index (Phi) is 3.53. The fraction of sp³-hybridized carbons (Fsp3) is 0.917. The molecule has 0 aromatic heterocycles. The Balaban J connectivity index is 1.96. The molecule has 2 rings (SSSR count). The van der Waals surface area contributed by atoms with E-state index in [4.69, 9.17) is 4.74 Å². The van der Waals surface area contributed by atoms with Crippen molar-refractivity contribution in [3.8, 4) is 0 Å². The highest BCUT2D eigenvalue weighted by molar-refractivity contribution is 7.92. The highest BCUT2D eigenvalue weighted by Gasteiger charge is 2.65. The van der Waals surface area contributed by atoms with Crippen molar-refractivity contribution in [2.45, 2.75) is 32.0 Å². The maximum atomic E-state index is 15.0. The van der Waals surface area contributed by atoms with E-state index in [9.17, 15) is 17.6 Å². The summed E-state index contributed by atoms with van der Waals surface area (Å²) in [7, 11) is -3.14. The van der Waals surface area contributed by atoms with Crippen LogP contribution in [0.3, 0.4) is 0 Å². The normalized spacial score (nSPS) is 30.8. The van der Waals surface area contributed by atoms with E-state index in [-0.39, 0.29) is 24.6 Å². The number of carbonyl (C=O) groups is 1. The Morgan fingerprint density at radius 2 is 1.95 bits per heavy atom. The van der Waals surface area contributed by atoms with Crippen LogP contribution in [0.25, 0.3) is 0 Å². The summed E-state index contributed by atoms with van der Waals surface area (Å²) in [5.41, 5.74) is -3.32. The minimum Gasteiger partial charge on any atom is -0.444 e. The summed E-state index contributed by atoms with van der Waals surface area (Å²) in [5, 5.41) is 5.29. The first-order chi connectivity index (χ1) is 8.97. The van der Waals surface area contributed by atoms with E-state index in [1.807, 2.05) is 0 Å². The lowest BCUT2D eigenvalue weighted by molar-refractivity contribution is 0.0340. The summed E-state index contributed by atoms with van der Waals surface area (Å²) in [4.78, 5) is 11.6. The third-order valence-electron chi connectivity index (χ3n) is 3.72. The number of rotatable bonds is 2. The quantitative estimate of drug-likeness (QED) is 0.763. The van der Waals surface area contributed by atoms with Gasteiger partial charge in [0.1, 0.15) is 11.3 Å². The molecule has 2 heterocycles. The number of hydrogen-bond donors (Lipinski definition) is 2. The zero-order valence-electron chi connectivity index (χ0n) is 12.0. The maximum Gasteiger partial charge on any atom is 0.407 e. The van der Waals surface area contributed by atoms with Gasteiger partial charge in [-0.1, -0.05) is 0 Å². The molecule has 116 valence electrons. The van der Waals surface area contributed by atoms with E-state index in [1.54, 1.807) is 20.8 Å². The zero-order chi connectivity index (χ0) is 15.2. The van der Waals surface area contributed by atoms with Crippen molar-refractivity contribution in [3.63, 3.8) is 0 Å². The second kappa shape index (κ2) is 4.56. The van der Waals surface area contributed by atoms with Gasteiger partial charge in [-0.2, -0.15) is 0 Å². The number of amides is 1. The highest BCUT2D eigenvalue weighted by Crippen LogP contribution is 2.47. The van der Waals surface area contributed by atoms with E-state index in [2.05, 4.69) is 10.6 Å². The molecule has 2 fully saturated rings. The Bertz CT molecular complexity index is 502. The molecule has 8 heteroatoms. The lowest BCUT2D eigenvalue weighted by atomic mass is 9.78. The minimum absolute atomic E-state index is 0.0400. The summed E-state index contributed by atoms with van der Waals surface area (Å²) < 4.78 is 42.7. The van der Waals surface area contributed by atoms with E-state index >= 15 is 0 Å². The number of ether oxygens (including phenoxy) is 1. The second-order valence-electron chi connectivity index (χ2n) is 6.74. The van der Waals surface area contributed by atoms with Crippen LogP contribution in [0.4, 0.5) is 9.18 Å². The van der Waals surface area contributed by atoms with Gasteiger partial charge in [0.05, 0.1) is 18.1 Å². The van der Waals surface area contributed by atoms with Crippen LogP contribution in [-0.2, 0) is 14.6 Å². The zero-order valence-corrected chi connectivity index (χ0v) is 12.8. The van der Waals surface area contributed by atoms with Crippen LogP contribution in [0.1, 0.15) is 20.8 Å². The molecule has 0 aromatic rings. The van der Waals surface area contributed by atoms with Gasteiger partial charge in [-0.15, -0.1) is 0 Å². The van der Waals surface area contributed by atoms with Crippen molar-refractivity contribution in [2.75, 3.05) is 31.1 Å². The van der Waals surface area contributed by atoms with E-state index in [0.29, 0.717) is 6.54 Å². The average Bonchev–Trinajstić information content (AvgIpc) is 2.50. The van der Waals surface area contributed by atoms with E-state index in [1.165, 1.54) is 0 Å². The molecule has 2 saturated heterocycles. The van der Waals surface area contributed by atoms with Gasteiger partial charge in [0.15, 0.2) is 9.84 Å².